The molecule has 0 fully saturated rings. The highest BCUT2D eigenvalue weighted by molar-refractivity contribution is 7.89. The highest BCUT2D eigenvalue weighted by Crippen LogP contribution is 2.32. The Balaban J connectivity index is 3.42. The summed E-state index contributed by atoms with van der Waals surface area (Å²) < 4.78 is 27.5. The van der Waals surface area contributed by atoms with Crippen molar-refractivity contribution in [3.63, 3.8) is 0 Å². The van der Waals surface area contributed by atoms with Gasteiger partial charge in [0.2, 0.25) is 10.0 Å². The molecule has 0 aromatic heterocycles. The molecule has 7 nitrogen and oxygen atoms in total. The molecule has 0 saturated carbocycles. The van der Waals surface area contributed by atoms with E-state index in [0.717, 1.165) is 6.07 Å². The first-order valence-electron chi connectivity index (χ1n) is 6.40. The number of nitro benzene ring substituents is 1. The van der Waals surface area contributed by atoms with E-state index < -0.39 is 31.1 Å². The van der Waals surface area contributed by atoms with E-state index in [0.29, 0.717) is 12.8 Å². The Morgan fingerprint density at radius 2 is 1.95 bits per heavy atom. The Morgan fingerprint density at radius 1 is 1.38 bits per heavy atom. The van der Waals surface area contributed by atoms with Crippen molar-refractivity contribution in [3.8, 4) is 0 Å². The highest BCUT2D eigenvalue weighted by atomic mass is 35.5. The van der Waals surface area contributed by atoms with Gasteiger partial charge in [-0.15, -0.1) is 0 Å². The van der Waals surface area contributed by atoms with Crippen LogP contribution >= 0.6 is 11.6 Å². The standard InChI is InChI=1S/C12H18ClN3O4S/c1-3-12(4-2,8-14)15-21(19,20)11-9(13)6-5-7-10(11)16(17)18/h5-7,15H,3-4,8,14H2,1-2H3. The molecule has 1 aromatic carbocycles. The maximum Gasteiger partial charge on any atom is 0.290 e. The normalized spacial score (nSPS) is 12.4. The lowest BCUT2D eigenvalue weighted by Crippen LogP contribution is -2.52. The Hall–Kier alpha value is -1.22. The Bertz CT molecular complexity index is 621. The van der Waals surface area contributed by atoms with Gasteiger partial charge >= 0.3 is 0 Å². The zero-order valence-corrected chi connectivity index (χ0v) is 13.4. The number of halogens is 1. The van der Waals surface area contributed by atoms with Crippen LogP contribution in [0.4, 0.5) is 5.69 Å². The lowest BCUT2D eigenvalue weighted by atomic mass is 9.95. The topological polar surface area (TPSA) is 115 Å². The van der Waals surface area contributed by atoms with Gasteiger partial charge in [-0.25, -0.2) is 13.1 Å². The largest absolute Gasteiger partial charge is 0.329 e. The first-order chi connectivity index (χ1) is 9.73. The fraction of sp³-hybridized carbons (Fsp3) is 0.500. The number of nitrogens with one attached hydrogen (secondary N) is 1. The smallest absolute Gasteiger partial charge is 0.290 e. The van der Waals surface area contributed by atoms with Gasteiger partial charge in [0.15, 0.2) is 4.90 Å². The minimum Gasteiger partial charge on any atom is -0.329 e. The number of hydrogen-bond donors (Lipinski definition) is 2. The predicted octanol–water partition coefficient (Wildman–Crippen LogP) is 2.04. The average Bonchev–Trinajstić information content (AvgIpc) is 2.44. The Labute approximate surface area is 128 Å². The number of nitrogens with two attached hydrogens (primary N) is 1. The maximum absolute atomic E-state index is 12.5. The summed E-state index contributed by atoms with van der Waals surface area (Å²) in [5.41, 5.74) is 4.24. The summed E-state index contributed by atoms with van der Waals surface area (Å²) in [5, 5.41) is 10.8. The SMILES string of the molecule is CCC(CC)(CN)NS(=O)(=O)c1c(Cl)cccc1[N+](=O)[O-]. The van der Waals surface area contributed by atoms with Gasteiger partial charge in [0.1, 0.15) is 0 Å². The fourth-order valence-corrected chi connectivity index (χ4v) is 4.23. The van der Waals surface area contributed by atoms with E-state index in [1.165, 1.54) is 12.1 Å². The van der Waals surface area contributed by atoms with Crippen molar-refractivity contribution in [2.45, 2.75) is 37.1 Å². The molecule has 0 heterocycles. The molecule has 0 unspecified atom stereocenters. The second-order valence-electron chi connectivity index (χ2n) is 4.64. The van der Waals surface area contributed by atoms with Crippen molar-refractivity contribution in [2.75, 3.05) is 6.54 Å². The van der Waals surface area contributed by atoms with Gasteiger partial charge < -0.3 is 5.73 Å². The van der Waals surface area contributed by atoms with Crippen LogP contribution in [0.3, 0.4) is 0 Å². The molecule has 21 heavy (non-hydrogen) atoms. The molecule has 118 valence electrons. The number of nitrogens with zero attached hydrogens (tertiary/aromatic N) is 1. The van der Waals surface area contributed by atoms with E-state index in [1.54, 1.807) is 13.8 Å². The van der Waals surface area contributed by atoms with E-state index in [1.807, 2.05) is 0 Å². The Kier molecular flexibility index (Phi) is 5.68. The molecular formula is C12H18ClN3O4S. The van der Waals surface area contributed by atoms with Crippen molar-refractivity contribution < 1.29 is 13.3 Å². The molecule has 9 heteroatoms. The second-order valence-corrected chi connectivity index (χ2v) is 6.67. The van der Waals surface area contributed by atoms with Crippen LogP contribution in [0.2, 0.25) is 5.02 Å². The van der Waals surface area contributed by atoms with Gasteiger partial charge in [0.05, 0.1) is 9.95 Å². The van der Waals surface area contributed by atoms with E-state index in [-0.39, 0.29) is 11.6 Å². The van der Waals surface area contributed by atoms with Crippen LogP contribution in [0.5, 0.6) is 0 Å². The van der Waals surface area contributed by atoms with E-state index in [2.05, 4.69) is 4.72 Å². The number of benzene rings is 1. The lowest BCUT2D eigenvalue weighted by Gasteiger charge is -2.31. The number of sulfonamides is 1. The number of hydrogen-bond acceptors (Lipinski definition) is 5. The molecule has 0 amide bonds. The molecule has 0 aliphatic heterocycles. The monoisotopic (exact) mass is 335 g/mol. The van der Waals surface area contributed by atoms with Gasteiger partial charge in [0.25, 0.3) is 5.69 Å². The van der Waals surface area contributed by atoms with Crippen molar-refractivity contribution in [1.82, 2.24) is 4.72 Å². The fourth-order valence-electron chi connectivity index (χ4n) is 1.97. The van der Waals surface area contributed by atoms with Crippen molar-refractivity contribution >= 4 is 27.3 Å². The molecule has 0 radical (unpaired) electrons. The minimum atomic E-state index is -4.16. The molecule has 1 rings (SSSR count). The van der Waals surface area contributed by atoms with Gasteiger partial charge in [-0.3, -0.25) is 10.1 Å². The van der Waals surface area contributed by atoms with Gasteiger partial charge in [-0.05, 0) is 18.9 Å². The van der Waals surface area contributed by atoms with Crippen molar-refractivity contribution in [3.05, 3.63) is 33.3 Å². The first-order valence-corrected chi connectivity index (χ1v) is 8.26. The number of nitro groups is 1. The molecule has 1 aromatic rings. The molecule has 0 aliphatic rings. The third kappa shape index (κ3) is 3.70. The van der Waals surface area contributed by atoms with Crippen molar-refractivity contribution in [1.29, 1.82) is 0 Å². The summed E-state index contributed by atoms with van der Waals surface area (Å²) in [6, 6.07) is 3.73. The zero-order chi connectivity index (χ0) is 16.3. The third-order valence-corrected chi connectivity index (χ3v) is 5.60. The molecule has 0 spiro atoms. The van der Waals surface area contributed by atoms with Crippen LogP contribution < -0.4 is 10.5 Å². The van der Waals surface area contributed by atoms with Gasteiger partial charge in [-0.2, -0.15) is 0 Å². The predicted molar refractivity (Wildman–Crippen MR) is 80.8 cm³/mol. The van der Waals surface area contributed by atoms with Gasteiger partial charge in [-0.1, -0.05) is 31.5 Å². The average molecular weight is 336 g/mol. The molecule has 3 N–H and O–H groups in total. The summed E-state index contributed by atoms with van der Waals surface area (Å²) in [6.07, 6.45) is 0.912. The van der Waals surface area contributed by atoms with Crippen molar-refractivity contribution in [2.24, 2.45) is 5.73 Å². The molecule has 0 saturated heterocycles. The number of rotatable bonds is 7. The zero-order valence-electron chi connectivity index (χ0n) is 11.8. The Morgan fingerprint density at radius 3 is 2.38 bits per heavy atom. The van der Waals surface area contributed by atoms with Crippen LogP contribution in [-0.4, -0.2) is 25.4 Å². The van der Waals surface area contributed by atoms with Crippen LogP contribution in [0, 0.1) is 10.1 Å². The minimum absolute atomic E-state index is 0.0808. The van der Waals surface area contributed by atoms with Gasteiger partial charge in [0, 0.05) is 18.2 Å². The summed E-state index contributed by atoms with van der Waals surface area (Å²) in [5.74, 6) is 0. The third-order valence-electron chi connectivity index (χ3n) is 3.51. The van der Waals surface area contributed by atoms with Crippen LogP contribution in [0.15, 0.2) is 23.1 Å². The quantitative estimate of drug-likeness (QED) is 0.584. The van der Waals surface area contributed by atoms with Crippen LogP contribution in [0.25, 0.3) is 0 Å². The van der Waals surface area contributed by atoms with Crippen LogP contribution in [0.1, 0.15) is 26.7 Å². The van der Waals surface area contributed by atoms with E-state index in [9.17, 15) is 18.5 Å². The van der Waals surface area contributed by atoms with Crippen LogP contribution in [-0.2, 0) is 10.0 Å². The molecule has 0 aliphatic carbocycles. The maximum atomic E-state index is 12.5. The second kappa shape index (κ2) is 6.69. The molecular weight excluding hydrogens is 318 g/mol. The van der Waals surface area contributed by atoms with E-state index >= 15 is 0 Å². The molecule has 0 bridgehead atoms. The highest BCUT2D eigenvalue weighted by Gasteiger charge is 2.35. The summed E-state index contributed by atoms with van der Waals surface area (Å²) in [6.45, 7) is 3.66. The summed E-state index contributed by atoms with van der Waals surface area (Å²) >= 11 is 5.86. The molecule has 0 atom stereocenters. The lowest BCUT2D eigenvalue weighted by molar-refractivity contribution is -0.387. The summed E-state index contributed by atoms with van der Waals surface area (Å²) in [4.78, 5) is 9.72. The van der Waals surface area contributed by atoms with E-state index in [4.69, 9.17) is 17.3 Å². The summed E-state index contributed by atoms with van der Waals surface area (Å²) in [7, 11) is -4.16. The first kappa shape index (κ1) is 17.8.